The Kier molecular flexibility index (Phi) is 6.11. The molecule has 0 aliphatic heterocycles. The molecule has 1 rings (SSSR count). The van der Waals surface area contributed by atoms with E-state index < -0.39 is 12.0 Å². The number of carbonyl (C=O) groups is 1. The van der Waals surface area contributed by atoms with Crippen LogP contribution < -0.4 is 20.5 Å². The van der Waals surface area contributed by atoms with Crippen molar-refractivity contribution in [3.63, 3.8) is 0 Å². The summed E-state index contributed by atoms with van der Waals surface area (Å²) in [5.74, 6) is 0.524. The van der Waals surface area contributed by atoms with Gasteiger partial charge >= 0.3 is 5.97 Å². The Balaban J connectivity index is 2.50. The van der Waals surface area contributed by atoms with Gasteiger partial charge in [-0.15, -0.1) is 0 Å². The van der Waals surface area contributed by atoms with E-state index in [0.29, 0.717) is 19.5 Å². The van der Waals surface area contributed by atoms with Crippen molar-refractivity contribution in [3.8, 4) is 11.5 Å². The first-order valence-electron chi connectivity index (χ1n) is 5.98. The third-order valence-electron chi connectivity index (χ3n) is 2.75. The molecule has 0 heterocycles. The van der Waals surface area contributed by atoms with E-state index in [-0.39, 0.29) is 0 Å². The summed E-state index contributed by atoms with van der Waals surface area (Å²) in [6.07, 6.45) is 0.377. The van der Waals surface area contributed by atoms with Crippen LogP contribution in [0.4, 0.5) is 0 Å². The summed E-state index contributed by atoms with van der Waals surface area (Å²) < 4.78 is 10.4. The molecule has 0 aliphatic carbocycles. The Morgan fingerprint density at radius 2 is 2.16 bits per heavy atom. The average molecular weight is 268 g/mol. The number of hydrogen-bond donors (Lipinski definition) is 3. The van der Waals surface area contributed by atoms with Crippen LogP contribution in [0.15, 0.2) is 18.2 Å². The van der Waals surface area contributed by atoms with Crippen molar-refractivity contribution in [2.45, 2.75) is 19.0 Å². The van der Waals surface area contributed by atoms with Gasteiger partial charge in [0.2, 0.25) is 0 Å². The highest BCUT2D eigenvalue weighted by Gasteiger charge is 2.10. The maximum Gasteiger partial charge on any atom is 0.320 e. The lowest BCUT2D eigenvalue weighted by Gasteiger charge is -2.12. The van der Waals surface area contributed by atoms with Gasteiger partial charge in [0.15, 0.2) is 0 Å². The van der Waals surface area contributed by atoms with Gasteiger partial charge in [-0.25, -0.2) is 0 Å². The Hall–Kier alpha value is -1.79. The van der Waals surface area contributed by atoms with Crippen molar-refractivity contribution >= 4 is 5.97 Å². The molecule has 0 bridgehead atoms. The Bertz CT molecular complexity index is 423. The molecule has 6 nitrogen and oxygen atoms in total. The first kappa shape index (κ1) is 15.3. The molecule has 1 atom stereocenters. The highest BCUT2D eigenvalue weighted by molar-refractivity contribution is 5.72. The van der Waals surface area contributed by atoms with E-state index >= 15 is 0 Å². The number of benzene rings is 1. The van der Waals surface area contributed by atoms with E-state index in [1.54, 1.807) is 14.2 Å². The first-order valence-corrected chi connectivity index (χ1v) is 5.98. The maximum absolute atomic E-state index is 10.6. The van der Waals surface area contributed by atoms with Crippen molar-refractivity contribution in [1.29, 1.82) is 0 Å². The van der Waals surface area contributed by atoms with E-state index in [9.17, 15) is 4.79 Å². The van der Waals surface area contributed by atoms with Crippen LogP contribution >= 0.6 is 0 Å². The topological polar surface area (TPSA) is 93.8 Å². The van der Waals surface area contributed by atoms with Crippen LogP contribution in [-0.4, -0.2) is 37.9 Å². The SMILES string of the molecule is COc1ccc(OC)c(CNCCC(N)C(=O)O)c1. The number of nitrogens with two attached hydrogens (primary N) is 1. The normalized spacial score (nSPS) is 11.9. The van der Waals surface area contributed by atoms with Crippen LogP contribution in [0.3, 0.4) is 0 Å². The molecule has 0 fully saturated rings. The molecule has 0 amide bonds. The number of carboxylic acid groups (broad SMARTS) is 1. The minimum absolute atomic E-state index is 0.377. The predicted octanol–water partition coefficient (Wildman–Crippen LogP) is 0.595. The molecule has 6 heteroatoms. The number of carboxylic acids is 1. The van der Waals surface area contributed by atoms with Crippen LogP contribution in [0.2, 0.25) is 0 Å². The Labute approximate surface area is 112 Å². The lowest BCUT2D eigenvalue weighted by Crippen LogP contribution is -2.33. The summed E-state index contributed by atoms with van der Waals surface area (Å²) in [4.78, 5) is 10.6. The number of hydrogen-bond acceptors (Lipinski definition) is 5. The fourth-order valence-electron chi connectivity index (χ4n) is 1.62. The summed E-state index contributed by atoms with van der Waals surface area (Å²) in [6.45, 7) is 1.08. The monoisotopic (exact) mass is 268 g/mol. The average Bonchev–Trinajstić information content (AvgIpc) is 2.42. The van der Waals surface area contributed by atoms with Crippen molar-refractivity contribution in [2.24, 2.45) is 5.73 Å². The molecule has 1 aromatic carbocycles. The van der Waals surface area contributed by atoms with Crippen LogP contribution in [-0.2, 0) is 11.3 Å². The fraction of sp³-hybridized carbons (Fsp3) is 0.462. The maximum atomic E-state index is 10.6. The molecular weight excluding hydrogens is 248 g/mol. The van der Waals surface area contributed by atoms with E-state index in [1.807, 2.05) is 18.2 Å². The number of ether oxygens (including phenoxy) is 2. The van der Waals surface area contributed by atoms with Gasteiger partial charge in [-0.3, -0.25) is 4.79 Å². The molecule has 1 aromatic rings. The van der Waals surface area contributed by atoms with E-state index in [2.05, 4.69) is 5.32 Å². The summed E-state index contributed by atoms with van der Waals surface area (Å²) in [6, 6.07) is 4.70. The third-order valence-corrected chi connectivity index (χ3v) is 2.75. The van der Waals surface area contributed by atoms with Gasteiger partial charge < -0.3 is 25.6 Å². The Morgan fingerprint density at radius 3 is 2.74 bits per heavy atom. The van der Waals surface area contributed by atoms with Crippen LogP contribution in [0, 0.1) is 0 Å². The van der Waals surface area contributed by atoms with Crippen molar-refractivity contribution in [2.75, 3.05) is 20.8 Å². The van der Waals surface area contributed by atoms with Crippen molar-refractivity contribution < 1.29 is 19.4 Å². The zero-order chi connectivity index (χ0) is 14.3. The second-order valence-electron chi connectivity index (χ2n) is 4.09. The lowest BCUT2D eigenvalue weighted by molar-refractivity contribution is -0.138. The quantitative estimate of drug-likeness (QED) is 0.598. The highest BCUT2D eigenvalue weighted by Crippen LogP contribution is 2.23. The molecule has 0 spiro atoms. The molecule has 0 aromatic heterocycles. The summed E-state index contributed by atoms with van der Waals surface area (Å²) in [5.41, 5.74) is 6.36. The standard InChI is InChI=1S/C13H20N2O4/c1-18-10-3-4-12(19-2)9(7-10)8-15-6-5-11(14)13(16)17/h3-4,7,11,15H,5-6,8,14H2,1-2H3,(H,16,17). The minimum atomic E-state index is -0.985. The fourth-order valence-corrected chi connectivity index (χ4v) is 1.62. The molecule has 106 valence electrons. The van der Waals surface area contributed by atoms with Gasteiger partial charge in [0, 0.05) is 12.1 Å². The summed E-state index contributed by atoms with van der Waals surface area (Å²) in [7, 11) is 3.20. The first-order chi connectivity index (χ1) is 9.08. The summed E-state index contributed by atoms with van der Waals surface area (Å²) in [5, 5.41) is 11.8. The Morgan fingerprint density at radius 1 is 1.42 bits per heavy atom. The van der Waals surface area contributed by atoms with E-state index in [4.69, 9.17) is 20.3 Å². The molecule has 4 N–H and O–H groups in total. The minimum Gasteiger partial charge on any atom is -0.497 e. The smallest absolute Gasteiger partial charge is 0.320 e. The zero-order valence-corrected chi connectivity index (χ0v) is 11.2. The molecule has 0 radical (unpaired) electrons. The zero-order valence-electron chi connectivity index (χ0n) is 11.2. The number of methoxy groups -OCH3 is 2. The van der Waals surface area contributed by atoms with Gasteiger partial charge in [-0.2, -0.15) is 0 Å². The van der Waals surface area contributed by atoms with Crippen molar-refractivity contribution in [3.05, 3.63) is 23.8 Å². The van der Waals surface area contributed by atoms with Crippen LogP contribution in [0.25, 0.3) is 0 Å². The second kappa shape index (κ2) is 7.60. The molecule has 1 unspecified atom stereocenters. The van der Waals surface area contributed by atoms with Crippen molar-refractivity contribution in [1.82, 2.24) is 5.32 Å². The van der Waals surface area contributed by atoms with E-state index in [0.717, 1.165) is 17.1 Å². The molecule has 0 saturated carbocycles. The third kappa shape index (κ3) is 4.76. The highest BCUT2D eigenvalue weighted by atomic mass is 16.5. The largest absolute Gasteiger partial charge is 0.497 e. The van der Waals surface area contributed by atoms with Gasteiger partial charge in [0.25, 0.3) is 0 Å². The molecular formula is C13H20N2O4. The van der Waals surface area contributed by atoms with Gasteiger partial charge in [-0.05, 0) is 31.2 Å². The number of nitrogens with one attached hydrogen (secondary N) is 1. The predicted molar refractivity (Wildman–Crippen MR) is 71.5 cm³/mol. The second-order valence-corrected chi connectivity index (χ2v) is 4.09. The number of aliphatic carboxylic acids is 1. The van der Waals surface area contributed by atoms with Gasteiger partial charge in [0.1, 0.15) is 17.5 Å². The molecule has 19 heavy (non-hydrogen) atoms. The summed E-state index contributed by atoms with van der Waals surface area (Å²) >= 11 is 0. The number of rotatable bonds is 8. The lowest BCUT2D eigenvalue weighted by atomic mass is 10.1. The molecule has 0 saturated heterocycles. The molecule has 0 aliphatic rings. The van der Waals surface area contributed by atoms with Gasteiger partial charge in [-0.1, -0.05) is 0 Å². The van der Waals surface area contributed by atoms with Crippen LogP contribution in [0.1, 0.15) is 12.0 Å². The van der Waals surface area contributed by atoms with E-state index in [1.165, 1.54) is 0 Å². The van der Waals surface area contributed by atoms with Crippen LogP contribution in [0.5, 0.6) is 11.5 Å². The van der Waals surface area contributed by atoms with Gasteiger partial charge in [0.05, 0.1) is 14.2 Å².